The topological polar surface area (TPSA) is 90.9 Å². The zero-order chi connectivity index (χ0) is 26.6. The Morgan fingerprint density at radius 1 is 0.895 bits per heavy atom. The maximum absolute atomic E-state index is 14.0. The molecule has 1 amide bonds. The van der Waals surface area contributed by atoms with Crippen molar-refractivity contribution in [2.45, 2.75) is 19.0 Å². The van der Waals surface area contributed by atoms with Crippen LogP contribution in [0.5, 0.6) is 11.5 Å². The van der Waals surface area contributed by atoms with Crippen molar-refractivity contribution >= 4 is 16.8 Å². The third-order valence-electron chi connectivity index (χ3n) is 6.74. The fourth-order valence-corrected chi connectivity index (χ4v) is 4.92. The quantitative estimate of drug-likeness (QED) is 0.250. The average molecular weight is 510 g/mol. The van der Waals surface area contributed by atoms with E-state index in [1.165, 1.54) is 0 Å². The van der Waals surface area contributed by atoms with Crippen molar-refractivity contribution in [2.75, 3.05) is 20.6 Å². The first kappa shape index (κ1) is 25.2. The molecular weight excluding hydrogens is 478 g/mol. The summed E-state index contributed by atoms with van der Waals surface area (Å²) in [4.78, 5) is 16.1. The lowest BCUT2D eigenvalue weighted by Gasteiger charge is -2.21. The van der Waals surface area contributed by atoms with E-state index in [9.17, 15) is 15.0 Å². The number of rotatable bonds is 9. The van der Waals surface area contributed by atoms with Gasteiger partial charge in [0, 0.05) is 35.5 Å². The minimum atomic E-state index is -0.328. The lowest BCUT2D eigenvalue weighted by molar-refractivity contribution is 0.0937. The van der Waals surface area contributed by atoms with Gasteiger partial charge in [0.15, 0.2) is 0 Å². The first-order valence-corrected chi connectivity index (χ1v) is 12.6. The van der Waals surface area contributed by atoms with Gasteiger partial charge in [0.2, 0.25) is 0 Å². The third-order valence-corrected chi connectivity index (χ3v) is 6.74. The Kier molecular flexibility index (Phi) is 7.20. The van der Waals surface area contributed by atoms with Gasteiger partial charge in [0.1, 0.15) is 23.0 Å². The minimum absolute atomic E-state index is 0.169. The summed E-state index contributed by atoms with van der Waals surface area (Å²) in [6.07, 6.45) is 1.59. The van der Waals surface area contributed by atoms with E-state index >= 15 is 0 Å². The zero-order valence-corrected chi connectivity index (χ0v) is 21.5. The van der Waals surface area contributed by atoms with Crippen LogP contribution >= 0.6 is 0 Å². The average Bonchev–Trinajstić information content (AvgIpc) is 3.55. The second-order valence-electron chi connectivity index (χ2n) is 9.61. The van der Waals surface area contributed by atoms with Crippen molar-refractivity contribution in [1.29, 1.82) is 0 Å². The maximum Gasteiger partial charge on any atom is 0.268 e. The van der Waals surface area contributed by atoms with Crippen molar-refractivity contribution < 1.29 is 19.4 Å². The fraction of sp³-hybridized carbons (Fsp3) is 0.194. The number of furan rings is 1. The third kappa shape index (κ3) is 5.14. The van der Waals surface area contributed by atoms with Crippen LogP contribution < -0.4 is 5.32 Å². The maximum atomic E-state index is 14.0. The number of amides is 1. The van der Waals surface area contributed by atoms with Gasteiger partial charge in [-0.2, -0.15) is 0 Å². The van der Waals surface area contributed by atoms with Gasteiger partial charge in [-0.05, 0) is 67.7 Å². The predicted molar refractivity (Wildman–Crippen MR) is 148 cm³/mol. The number of carbonyl (C=O) groups excluding carboxylic acids is 1. The number of phenols is 2. The summed E-state index contributed by atoms with van der Waals surface area (Å²) in [5.74, 6) is 0.482. The van der Waals surface area contributed by atoms with Crippen LogP contribution in [0.2, 0.25) is 0 Å². The van der Waals surface area contributed by atoms with Crippen molar-refractivity contribution in [3.63, 3.8) is 0 Å². The Balaban J connectivity index is 1.74. The molecule has 2 heterocycles. The molecule has 0 atom stereocenters. The molecule has 0 aliphatic rings. The van der Waals surface area contributed by atoms with Gasteiger partial charge in [0.25, 0.3) is 5.91 Å². The molecule has 0 saturated heterocycles. The predicted octanol–water partition coefficient (Wildman–Crippen LogP) is 5.32. The number of fused-ring (bicyclic) bond motifs is 1. The highest BCUT2D eigenvalue weighted by molar-refractivity contribution is 6.02. The highest BCUT2D eigenvalue weighted by Crippen LogP contribution is 2.41. The molecule has 5 rings (SSSR count). The van der Waals surface area contributed by atoms with Crippen LogP contribution in [0.4, 0.5) is 0 Å². The van der Waals surface area contributed by atoms with Gasteiger partial charge >= 0.3 is 0 Å². The Hall–Kier alpha value is -4.49. The molecule has 0 spiro atoms. The van der Waals surface area contributed by atoms with Crippen molar-refractivity contribution in [3.05, 3.63) is 119 Å². The summed E-state index contributed by atoms with van der Waals surface area (Å²) in [6.45, 7) is 1.64. The van der Waals surface area contributed by atoms with Crippen molar-refractivity contribution in [1.82, 2.24) is 14.8 Å². The molecule has 0 aliphatic heterocycles. The molecule has 0 aliphatic carbocycles. The monoisotopic (exact) mass is 509 g/mol. The zero-order valence-electron chi connectivity index (χ0n) is 21.5. The summed E-state index contributed by atoms with van der Waals surface area (Å²) < 4.78 is 7.54. The number of carbonyl (C=O) groups is 1. The van der Waals surface area contributed by atoms with Gasteiger partial charge in [-0.15, -0.1) is 0 Å². The summed E-state index contributed by atoms with van der Waals surface area (Å²) in [5.41, 5.74) is 4.25. The van der Waals surface area contributed by atoms with Crippen LogP contribution in [0.15, 0.2) is 95.6 Å². The Bertz CT molecular complexity index is 1470. The van der Waals surface area contributed by atoms with Crippen LogP contribution in [0.3, 0.4) is 0 Å². The fourth-order valence-electron chi connectivity index (χ4n) is 4.92. The van der Waals surface area contributed by atoms with Crippen molar-refractivity contribution in [3.8, 4) is 11.5 Å². The number of nitrogens with one attached hydrogen (secondary N) is 1. The molecule has 194 valence electrons. The van der Waals surface area contributed by atoms with Crippen molar-refractivity contribution in [2.24, 2.45) is 0 Å². The number of para-hydroxylation sites is 1. The Labute approximate surface area is 221 Å². The number of likely N-dealkylation sites (N-methyl/N-ethyl adjacent to an activating group) is 1. The molecule has 0 bridgehead atoms. The number of aromatic hydroxyl groups is 2. The number of aromatic nitrogens is 1. The molecule has 0 radical (unpaired) electrons. The minimum Gasteiger partial charge on any atom is -0.508 e. The first-order valence-electron chi connectivity index (χ1n) is 12.6. The van der Waals surface area contributed by atoms with Gasteiger partial charge in [-0.3, -0.25) is 4.79 Å². The lowest BCUT2D eigenvalue weighted by Crippen LogP contribution is -2.29. The van der Waals surface area contributed by atoms with Gasteiger partial charge in [0.05, 0.1) is 12.8 Å². The summed E-state index contributed by atoms with van der Waals surface area (Å²) >= 11 is 0. The smallest absolute Gasteiger partial charge is 0.268 e. The molecule has 38 heavy (non-hydrogen) atoms. The van der Waals surface area contributed by atoms with E-state index in [0.717, 1.165) is 34.1 Å². The largest absolute Gasteiger partial charge is 0.508 e. The molecule has 7 heteroatoms. The van der Waals surface area contributed by atoms with Crippen LogP contribution in [0.1, 0.15) is 38.9 Å². The van der Waals surface area contributed by atoms with Crippen LogP contribution in [-0.4, -0.2) is 46.2 Å². The normalized spacial score (nSPS) is 11.5. The molecule has 3 aromatic carbocycles. The van der Waals surface area contributed by atoms with Crippen LogP contribution in [-0.2, 0) is 13.1 Å². The molecule has 0 saturated carbocycles. The van der Waals surface area contributed by atoms with E-state index in [4.69, 9.17) is 4.42 Å². The van der Waals surface area contributed by atoms with E-state index in [1.54, 1.807) is 36.6 Å². The second-order valence-corrected chi connectivity index (χ2v) is 9.61. The molecule has 0 fully saturated rings. The number of phenolic OH excluding ortho intramolecular Hbond substituents is 2. The summed E-state index contributed by atoms with van der Waals surface area (Å²) in [6, 6.07) is 25.8. The van der Waals surface area contributed by atoms with Gasteiger partial charge in [-0.25, -0.2) is 0 Å². The standard InChI is InChI=1S/C31H31N3O4/c1-33(2)17-18-34-27-8-4-3-7-26(27)29(30(34)31(37)32-20-25-6-5-19-38-25)28(21-9-13-23(35)14-10-21)22-11-15-24(36)16-12-22/h3-16,19,28,35-36H,17-18,20H2,1-2H3,(H,32,37). The number of hydrogen-bond acceptors (Lipinski definition) is 5. The highest BCUT2D eigenvalue weighted by atomic mass is 16.3. The number of nitrogens with zero attached hydrogens (tertiary/aromatic N) is 2. The Morgan fingerprint density at radius 2 is 1.53 bits per heavy atom. The van der Waals surface area contributed by atoms with E-state index in [0.29, 0.717) is 18.0 Å². The molecule has 0 unspecified atom stereocenters. The molecule has 3 N–H and O–H groups in total. The first-order chi connectivity index (χ1) is 18.4. The van der Waals surface area contributed by atoms with Crippen LogP contribution in [0, 0.1) is 0 Å². The molecule has 5 aromatic rings. The SMILES string of the molecule is CN(C)CCn1c(C(=O)NCc2ccco2)c(C(c2ccc(O)cc2)c2ccc(O)cc2)c2ccccc21. The van der Waals surface area contributed by atoms with Crippen LogP contribution in [0.25, 0.3) is 10.9 Å². The lowest BCUT2D eigenvalue weighted by atomic mass is 9.83. The number of hydrogen-bond donors (Lipinski definition) is 3. The molecular formula is C31H31N3O4. The van der Waals surface area contributed by atoms with E-state index in [-0.39, 0.29) is 29.9 Å². The number of benzene rings is 3. The van der Waals surface area contributed by atoms with E-state index in [1.807, 2.05) is 68.7 Å². The summed E-state index contributed by atoms with van der Waals surface area (Å²) in [5, 5.41) is 24.0. The molecule has 2 aromatic heterocycles. The Morgan fingerprint density at radius 3 is 2.11 bits per heavy atom. The van der Waals surface area contributed by atoms with E-state index in [2.05, 4.69) is 14.8 Å². The molecule has 7 nitrogen and oxygen atoms in total. The van der Waals surface area contributed by atoms with Gasteiger partial charge < -0.3 is 29.4 Å². The highest BCUT2D eigenvalue weighted by Gasteiger charge is 2.30. The second kappa shape index (κ2) is 10.9. The van der Waals surface area contributed by atoms with E-state index < -0.39 is 0 Å². The van der Waals surface area contributed by atoms with Gasteiger partial charge in [-0.1, -0.05) is 42.5 Å². The summed E-state index contributed by atoms with van der Waals surface area (Å²) in [7, 11) is 4.03.